The summed E-state index contributed by atoms with van der Waals surface area (Å²) in [7, 11) is 12.5. The van der Waals surface area contributed by atoms with Gasteiger partial charge in [-0.25, -0.2) is 4.79 Å². The second-order valence-electron chi connectivity index (χ2n) is 10.5. The van der Waals surface area contributed by atoms with Gasteiger partial charge < -0.3 is 19.1 Å². The molecule has 2 fully saturated rings. The topological polar surface area (TPSA) is 42.0 Å². The molecule has 4 radical (unpaired) electrons. The van der Waals surface area contributed by atoms with Gasteiger partial charge in [-0.05, 0) is 55.4 Å². The van der Waals surface area contributed by atoms with Crippen LogP contribution in [0, 0.1) is 0 Å². The largest absolute Gasteiger partial charge is 0.508 e. The van der Waals surface area contributed by atoms with Crippen molar-refractivity contribution in [2.45, 2.75) is 115 Å². The smallest absolute Gasteiger partial charge is 0.431 e. The quantitative estimate of drug-likeness (QED) is 0.558. The number of hydrogen-bond donors (Lipinski definition) is 0. The maximum atomic E-state index is 12.5. The lowest BCUT2D eigenvalue weighted by Gasteiger charge is -2.54. The van der Waals surface area contributed by atoms with Gasteiger partial charge in [-0.15, -0.1) is 0 Å². The molecule has 7 heteroatoms. The van der Waals surface area contributed by atoms with Crippen molar-refractivity contribution in [2.24, 2.45) is 0 Å². The van der Waals surface area contributed by atoms with Gasteiger partial charge in [0.2, 0.25) is 0 Å². The van der Waals surface area contributed by atoms with Gasteiger partial charge in [0.05, 0.1) is 0 Å². The lowest BCUT2D eigenvalue weighted by Crippen LogP contribution is -2.62. The average Bonchev–Trinajstić information content (AvgIpc) is 2.40. The summed E-state index contributed by atoms with van der Waals surface area (Å²) in [5.41, 5.74) is -0.994. The second-order valence-corrected chi connectivity index (χ2v) is 10.5. The normalized spacial score (nSPS) is 29.2. The van der Waals surface area contributed by atoms with Crippen molar-refractivity contribution in [3.8, 4) is 0 Å². The summed E-state index contributed by atoms with van der Waals surface area (Å²) in [4.78, 5) is 16.2. The number of nitrogens with zero attached hydrogens (tertiary/aromatic N) is 2. The highest BCUT2D eigenvalue weighted by Gasteiger charge is 2.46. The second kappa shape index (κ2) is 6.73. The molecule has 0 atom stereocenters. The van der Waals surface area contributed by atoms with Gasteiger partial charge in [-0.3, -0.25) is 0 Å². The third-order valence-corrected chi connectivity index (χ3v) is 6.04. The highest BCUT2D eigenvalue weighted by Crippen LogP contribution is 2.39. The molecule has 0 bridgehead atoms. The lowest BCUT2D eigenvalue weighted by molar-refractivity contribution is -0.0849. The Morgan fingerprint density at radius 3 is 1.15 bits per heavy atom. The number of rotatable bonds is 2. The molecular formula is C19H34B2N2O3. The molecule has 0 amide bonds. The fourth-order valence-corrected chi connectivity index (χ4v) is 4.87. The van der Waals surface area contributed by atoms with E-state index in [0.717, 1.165) is 0 Å². The lowest BCUT2D eigenvalue weighted by atomic mass is 9.75. The van der Waals surface area contributed by atoms with E-state index in [2.05, 4.69) is 55.4 Å². The Morgan fingerprint density at radius 2 is 0.923 bits per heavy atom. The standard InChI is InChI=1S/C19H34B2N2O3/c1-16(2)9-13(10-17(3,4)22(16)20)25-15(24)26-14-11-18(5,6)23(21)19(7,8)12-14/h13-14H,9-12H2,1-8H3. The van der Waals surface area contributed by atoms with Gasteiger partial charge in [0.15, 0.2) is 16.0 Å². The molecule has 144 valence electrons. The number of piperidine rings is 2. The van der Waals surface area contributed by atoms with Crippen LogP contribution in [0.2, 0.25) is 0 Å². The summed E-state index contributed by atoms with van der Waals surface area (Å²) >= 11 is 0. The van der Waals surface area contributed by atoms with Crippen molar-refractivity contribution >= 4 is 22.1 Å². The minimum atomic E-state index is -0.589. The zero-order chi connectivity index (χ0) is 20.1. The first kappa shape index (κ1) is 21.6. The molecule has 0 aromatic carbocycles. The van der Waals surface area contributed by atoms with Crippen LogP contribution >= 0.6 is 0 Å². The number of ether oxygens (including phenoxy) is 2. The zero-order valence-corrected chi connectivity index (χ0v) is 17.8. The third kappa shape index (κ3) is 4.41. The van der Waals surface area contributed by atoms with E-state index in [4.69, 9.17) is 25.4 Å². The minimum absolute atomic E-state index is 0.206. The van der Waals surface area contributed by atoms with E-state index in [1.807, 2.05) is 9.62 Å². The molecule has 2 saturated heterocycles. The van der Waals surface area contributed by atoms with Crippen molar-refractivity contribution < 1.29 is 14.3 Å². The molecule has 0 unspecified atom stereocenters. The van der Waals surface area contributed by atoms with E-state index in [1.165, 1.54) is 0 Å². The Morgan fingerprint density at radius 1 is 0.692 bits per heavy atom. The van der Waals surface area contributed by atoms with Crippen LogP contribution in [0.4, 0.5) is 4.79 Å². The van der Waals surface area contributed by atoms with Crippen molar-refractivity contribution in [1.82, 2.24) is 9.62 Å². The van der Waals surface area contributed by atoms with E-state index in [1.54, 1.807) is 0 Å². The first-order valence-corrected chi connectivity index (χ1v) is 9.54. The Bertz CT molecular complexity index is 467. The maximum absolute atomic E-state index is 12.5. The van der Waals surface area contributed by atoms with Gasteiger partial charge >= 0.3 is 6.16 Å². The van der Waals surface area contributed by atoms with E-state index in [0.29, 0.717) is 25.7 Å². The molecule has 5 nitrogen and oxygen atoms in total. The van der Waals surface area contributed by atoms with Crippen LogP contribution in [-0.4, -0.2) is 66.1 Å². The highest BCUT2D eigenvalue weighted by molar-refractivity contribution is 6.05. The molecule has 2 aliphatic rings. The Labute approximate surface area is 162 Å². The van der Waals surface area contributed by atoms with Crippen LogP contribution in [0.3, 0.4) is 0 Å². The van der Waals surface area contributed by atoms with Crippen LogP contribution in [0.15, 0.2) is 0 Å². The maximum Gasteiger partial charge on any atom is 0.508 e. The summed E-state index contributed by atoms with van der Waals surface area (Å²) in [5, 5.41) is 0. The fourth-order valence-electron chi connectivity index (χ4n) is 4.87. The number of carbonyl (C=O) groups is 1. The third-order valence-electron chi connectivity index (χ3n) is 6.04. The van der Waals surface area contributed by atoms with E-state index >= 15 is 0 Å². The molecule has 0 aromatic heterocycles. The molecule has 2 aliphatic heterocycles. The molecule has 0 spiro atoms. The van der Waals surface area contributed by atoms with Crippen LogP contribution in [0.1, 0.15) is 81.1 Å². The first-order valence-electron chi connectivity index (χ1n) is 9.54. The SMILES string of the molecule is [B]N1C(C)(C)CC(OC(=O)OC2CC(C)(C)N([B])C(C)(C)C2)CC1(C)C. The van der Waals surface area contributed by atoms with Gasteiger partial charge in [-0.2, -0.15) is 0 Å². The van der Waals surface area contributed by atoms with Crippen LogP contribution in [-0.2, 0) is 9.47 Å². The van der Waals surface area contributed by atoms with E-state index in [9.17, 15) is 4.79 Å². The van der Waals surface area contributed by atoms with Crippen LogP contribution in [0.25, 0.3) is 0 Å². The number of carbonyl (C=O) groups excluding carboxylic acids is 1. The highest BCUT2D eigenvalue weighted by atomic mass is 16.7. The molecule has 0 saturated carbocycles. The minimum Gasteiger partial charge on any atom is -0.431 e. The first-order chi connectivity index (χ1) is 11.6. The molecular weight excluding hydrogens is 326 g/mol. The molecule has 0 aliphatic carbocycles. The number of hydrogen-bond acceptors (Lipinski definition) is 5. The predicted octanol–water partition coefficient (Wildman–Crippen LogP) is 3.35. The molecule has 2 rings (SSSR count). The van der Waals surface area contributed by atoms with Crippen molar-refractivity contribution in [1.29, 1.82) is 0 Å². The van der Waals surface area contributed by atoms with E-state index < -0.39 is 6.16 Å². The summed E-state index contributed by atoms with van der Waals surface area (Å²) in [6.07, 6.45) is 1.72. The Kier molecular flexibility index (Phi) is 5.60. The Balaban J connectivity index is 1.99. The van der Waals surface area contributed by atoms with Crippen molar-refractivity contribution in [2.75, 3.05) is 0 Å². The van der Waals surface area contributed by atoms with Gasteiger partial charge in [-0.1, -0.05) is 0 Å². The zero-order valence-electron chi connectivity index (χ0n) is 17.8. The summed E-state index contributed by atoms with van der Waals surface area (Å²) in [6.45, 7) is 16.5. The summed E-state index contributed by atoms with van der Waals surface area (Å²) in [6, 6.07) is 0. The molecule has 0 aromatic rings. The average molecular weight is 360 g/mol. The molecule has 0 N–H and O–H groups in total. The van der Waals surface area contributed by atoms with E-state index in [-0.39, 0.29) is 34.4 Å². The van der Waals surface area contributed by atoms with Crippen LogP contribution in [0.5, 0.6) is 0 Å². The predicted molar refractivity (Wildman–Crippen MR) is 105 cm³/mol. The van der Waals surface area contributed by atoms with Crippen molar-refractivity contribution in [3.63, 3.8) is 0 Å². The van der Waals surface area contributed by atoms with Gasteiger partial charge in [0, 0.05) is 47.8 Å². The molecule has 2 heterocycles. The van der Waals surface area contributed by atoms with Crippen LogP contribution < -0.4 is 0 Å². The summed E-state index contributed by atoms with van der Waals surface area (Å²) < 4.78 is 11.4. The monoisotopic (exact) mass is 360 g/mol. The van der Waals surface area contributed by atoms with Gasteiger partial charge in [0.25, 0.3) is 0 Å². The van der Waals surface area contributed by atoms with Gasteiger partial charge in [0.1, 0.15) is 12.2 Å². The fraction of sp³-hybridized carbons (Fsp3) is 0.947. The Hall–Kier alpha value is -0.680. The summed E-state index contributed by atoms with van der Waals surface area (Å²) in [5.74, 6) is 0. The molecule has 26 heavy (non-hydrogen) atoms. The van der Waals surface area contributed by atoms with Crippen molar-refractivity contribution in [3.05, 3.63) is 0 Å².